The molecule has 1 aromatic carbocycles. The lowest BCUT2D eigenvalue weighted by Crippen LogP contribution is -2.30. The number of benzene rings is 1. The number of hydrogen-bond donors (Lipinski definition) is 3. The molecule has 0 amide bonds. The Morgan fingerprint density at radius 2 is 2.06 bits per heavy atom. The van der Waals surface area contributed by atoms with Crippen molar-refractivity contribution in [1.82, 2.24) is 24.1 Å². The number of anilines is 1. The van der Waals surface area contributed by atoms with Crippen LogP contribution in [-0.2, 0) is 20.0 Å². The standard InChI is InChI=1S/C23H25N7O4/c1-3-15-5-4-6-18(11-15)34-14-17(31)13-30-19-20(29(2)23(33)27-21(19)32)26-22(30)28-25-12-16-7-9-24-10-8-16/h4-12,17,31H,3,13-14H2,1-2H3,(H,26,28)(H,27,32,33)/b25-12-/t17-/m1/s1. The van der Waals surface area contributed by atoms with Gasteiger partial charge >= 0.3 is 5.69 Å². The van der Waals surface area contributed by atoms with Crippen LogP contribution in [0.25, 0.3) is 11.2 Å². The number of aliphatic hydroxyl groups excluding tert-OH is 1. The zero-order valence-electron chi connectivity index (χ0n) is 18.8. The highest BCUT2D eigenvalue weighted by molar-refractivity contribution is 5.80. The zero-order chi connectivity index (χ0) is 24.1. The average Bonchev–Trinajstić information content (AvgIpc) is 3.20. The van der Waals surface area contributed by atoms with Crippen LogP contribution in [-0.4, -0.2) is 48.1 Å². The van der Waals surface area contributed by atoms with Gasteiger partial charge < -0.3 is 14.4 Å². The minimum atomic E-state index is -0.968. The van der Waals surface area contributed by atoms with Gasteiger partial charge in [-0.15, -0.1) is 0 Å². The Labute approximate surface area is 194 Å². The van der Waals surface area contributed by atoms with Crippen molar-refractivity contribution in [2.24, 2.45) is 12.1 Å². The summed E-state index contributed by atoms with van der Waals surface area (Å²) in [5.74, 6) is 0.841. The molecule has 3 heterocycles. The predicted molar refractivity (Wildman–Crippen MR) is 128 cm³/mol. The lowest BCUT2D eigenvalue weighted by molar-refractivity contribution is 0.0938. The van der Waals surface area contributed by atoms with E-state index in [1.165, 1.54) is 16.2 Å². The number of pyridine rings is 1. The molecule has 0 bridgehead atoms. The Balaban J connectivity index is 1.60. The van der Waals surface area contributed by atoms with Gasteiger partial charge in [0.05, 0.1) is 12.8 Å². The monoisotopic (exact) mass is 463 g/mol. The maximum Gasteiger partial charge on any atom is 0.329 e. The van der Waals surface area contributed by atoms with Crippen LogP contribution in [0.1, 0.15) is 18.1 Å². The summed E-state index contributed by atoms with van der Waals surface area (Å²) in [4.78, 5) is 35.2. The second-order valence-corrected chi connectivity index (χ2v) is 7.65. The fourth-order valence-corrected chi connectivity index (χ4v) is 3.42. The molecular formula is C23H25N7O4. The number of hydrogen-bond acceptors (Lipinski definition) is 8. The lowest BCUT2D eigenvalue weighted by atomic mass is 10.2. The molecule has 0 aliphatic heterocycles. The number of aromatic nitrogens is 5. The number of imidazole rings is 1. The van der Waals surface area contributed by atoms with Crippen LogP contribution >= 0.6 is 0 Å². The highest BCUT2D eigenvalue weighted by Crippen LogP contribution is 2.18. The van der Waals surface area contributed by atoms with Crippen LogP contribution < -0.4 is 21.4 Å². The first-order valence-corrected chi connectivity index (χ1v) is 10.7. The minimum absolute atomic E-state index is 0.00374. The quantitative estimate of drug-likeness (QED) is 0.251. The van der Waals surface area contributed by atoms with Gasteiger partial charge in [-0.3, -0.25) is 19.3 Å². The fourth-order valence-electron chi connectivity index (χ4n) is 3.42. The van der Waals surface area contributed by atoms with E-state index in [0.717, 1.165) is 17.5 Å². The summed E-state index contributed by atoms with van der Waals surface area (Å²) < 4.78 is 8.45. The van der Waals surface area contributed by atoms with E-state index in [2.05, 4.69) is 32.4 Å². The van der Waals surface area contributed by atoms with Crippen molar-refractivity contribution in [3.05, 3.63) is 80.8 Å². The maximum atomic E-state index is 12.6. The van der Waals surface area contributed by atoms with Crippen LogP contribution in [0.15, 0.2) is 63.5 Å². The number of fused-ring (bicyclic) bond motifs is 1. The van der Waals surface area contributed by atoms with Gasteiger partial charge in [0.25, 0.3) is 5.56 Å². The Hall–Kier alpha value is -4.25. The number of aliphatic hydroxyl groups is 1. The van der Waals surface area contributed by atoms with Gasteiger partial charge in [-0.25, -0.2) is 10.2 Å². The first-order chi connectivity index (χ1) is 16.5. The summed E-state index contributed by atoms with van der Waals surface area (Å²) in [5.41, 5.74) is 3.83. The molecule has 0 aliphatic carbocycles. The Kier molecular flexibility index (Phi) is 6.83. The van der Waals surface area contributed by atoms with Crippen molar-refractivity contribution >= 4 is 23.3 Å². The Morgan fingerprint density at radius 3 is 2.82 bits per heavy atom. The molecule has 34 heavy (non-hydrogen) atoms. The molecule has 11 nitrogen and oxygen atoms in total. The highest BCUT2D eigenvalue weighted by atomic mass is 16.5. The third-order valence-corrected chi connectivity index (χ3v) is 5.23. The molecule has 1 atom stereocenters. The van der Waals surface area contributed by atoms with E-state index in [0.29, 0.717) is 5.75 Å². The molecule has 11 heteroatoms. The van der Waals surface area contributed by atoms with Crippen LogP contribution in [0.5, 0.6) is 5.75 Å². The molecule has 0 aliphatic rings. The SMILES string of the molecule is CCc1cccc(OC[C@H](O)Cn2c(N/N=C\c3ccncc3)nc3c2c(=O)[nH]c(=O)n3C)c1. The van der Waals surface area contributed by atoms with E-state index in [1.54, 1.807) is 30.7 Å². The van der Waals surface area contributed by atoms with Gasteiger partial charge in [-0.05, 0) is 41.8 Å². The highest BCUT2D eigenvalue weighted by Gasteiger charge is 2.20. The predicted octanol–water partition coefficient (Wildman–Crippen LogP) is 1.27. The summed E-state index contributed by atoms with van der Waals surface area (Å²) in [6.45, 7) is 2.03. The van der Waals surface area contributed by atoms with E-state index in [9.17, 15) is 14.7 Å². The smallest absolute Gasteiger partial charge is 0.329 e. The molecule has 4 rings (SSSR count). The third-order valence-electron chi connectivity index (χ3n) is 5.23. The lowest BCUT2D eigenvalue weighted by Gasteiger charge is -2.15. The van der Waals surface area contributed by atoms with E-state index in [1.807, 2.05) is 24.3 Å². The molecule has 0 saturated heterocycles. The number of H-pyrrole nitrogens is 1. The molecule has 0 spiro atoms. The van der Waals surface area contributed by atoms with E-state index in [-0.39, 0.29) is 30.3 Å². The van der Waals surface area contributed by atoms with Crippen molar-refractivity contribution in [3.8, 4) is 5.75 Å². The molecule has 3 aromatic heterocycles. The van der Waals surface area contributed by atoms with Crippen molar-refractivity contribution < 1.29 is 9.84 Å². The van der Waals surface area contributed by atoms with Gasteiger partial charge in [0.15, 0.2) is 11.2 Å². The number of nitrogens with one attached hydrogen (secondary N) is 2. The first-order valence-electron chi connectivity index (χ1n) is 10.7. The van der Waals surface area contributed by atoms with Crippen LogP contribution in [0.4, 0.5) is 5.95 Å². The Bertz CT molecular complexity index is 1420. The summed E-state index contributed by atoms with van der Waals surface area (Å²) in [6, 6.07) is 11.2. The molecule has 3 N–H and O–H groups in total. The molecule has 4 aromatic rings. The normalized spacial score (nSPS) is 12.3. The summed E-state index contributed by atoms with van der Waals surface area (Å²) in [7, 11) is 1.50. The first kappa shape index (κ1) is 22.9. The van der Waals surface area contributed by atoms with Crippen molar-refractivity contribution in [3.63, 3.8) is 0 Å². The average molecular weight is 463 g/mol. The van der Waals surface area contributed by atoms with E-state index >= 15 is 0 Å². The summed E-state index contributed by atoms with van der Waals surface area (Å²) in [6.07, 6.45) is 4.74. The van der Waals surface area contributed by atoms with Crippen molar-refractivity contribution in [2.75, 3.05) is 12.0 Å². The van der Waals surface area contributed by atoms with Gasteiger partial charge in [0.2, 0.25) is 5.95 Å². The maximum absolute atomic E-state index is 12.6. The van der Waals surface area contributed by atoms with Gasteiger partial charge in [-0.1, -0.05) is 19.1 Å². The molecule has 0 fully saturated rings. The zero-order valence-corrected chi connectivity index (χ0v) is 18.8. The van der Waals surface area contributed by atoms with Crippen LogP contribution in [0.2, 0.25) is 0 Å². The topological polar surface area (TPSA) is 139 Å². The second-order valence-electron chi connectivity index (χ2n) is 7.65. The second kappa shape index (κ2) is 10.1. The fraction of sp³-hybridized carbons (Fsp3) is 0.261. The number of ether oxygens (including phenoxy) is 1. The van der Waals surface area contributed by atoms with Gasteiger partial charge in [0.1, 0.15) is 18.5 Å². The summed E-state index contributed by atoms with van der Waals surface area (Å²) in [5, 5.41) is 14.9. The van der Waals surface area contributed by atoms with Crippen LogP contribution in [0, 0.1) is 0 Å². The van der Waals surface area contributed by atoms with Gasteiger partial charge in [0, 0.05) is 19.4 Å². The van der Waals surface area contributed by atoms with E-state index < -0.39 is 17.4 Å². The Morgan fingerprint density at radius 1 is 1.26 bits per heavy atom. The molecule has 0 unspecified atom stereocenters. The number of nitrogens with zero attached hydrogens (tertiary/aromatic N) is 5. The largest absolute Gasteiger partial charge is 0.491 e. The molecular weight excluding hydrogens is 438 g/mol. The van der Waals surface area contributed by atoms with Crippen molar-refractivity contribution in [1.29, 1.82) is 0 Å². The minimum Gasteiger partial charge on any atom is -0.491 e. The van der Waals surface area contributed by atoms with Gasteiger partial charge in [-0.2, -0.15) is 10.1 Å². The molecule has 0 radical (unpaired) electrons. The van der Waals surface area contributed by atoms with E-state index in [4.69, 9.17) is 4.74 Å². The number of aromatic amines is 1. The summed E-state index contributed by atoms with van der Waals surface area (Å²) >= 11 is 0. The third kappa shape index (κ3) is 5.04. The van der Waals surface area contributed by atoms with Crippen LogP contribution in [0.3, 0.4) is 0 Å². The molecule has 176 valence electrons. The number of aryl methyl sites for hydroxylation is 2. The number of hydrazone groups is 1. The molecule has 0 saturated carbocycles. The van der Waals surface area contributed by atoms with Crippen molar-refractivity contribution in [2.45, 2.75) is 26.0 Å². The number of rotatable bonds is 9.